The zero-order valence-electron chi connectivity index (χ0n) is 12.6. The van der Waals surface area contributed by atoms with E-state index in [0.717, 1.165) is 38.8 Å². The highest BCUT2D eigenvalue weighted by molar-refractivity contribution is 6.31. The molecule has 120 valence electrons. The largest absolute Gasteiger partial charge is 0.352 e. The van der Waals surface area contributed by atoms with Crippen LogP contribution in [0.2, 0.25) is 5.02 Å². The molecule has 0 spiro atoms. The number of rotatable bonds is 4. The molecular formula is C16H22ClN3O2. The van der Waals surface area contributed by atoms with Gasteiger partial charge in [0.25, 0.3) is 0 Å². The Morgan fingerprint density at radius 2 is 1.82 bits per heavy atom. The van der Waals surface area contributed by atoms with E-state index >= 15 is 0 Å². The SMILES string of the molecule is NC(=O)N[C@@H](CC(=O)N1CCCCCC1)c1ccccc1Cl. The molecule has 6 heteroatoms. The fourth-order valence-corrected chi connectivity index (χ4v) is 3.06. The maximum absolute atomic E-state index is 12.5. The van der Waals surface area contributed by atoms with E-state index in [-0.39, 0.29) is 12.3 Å². The van der Waals surface area contributed by atoms with Crippen molar-refractivity contribution in [1.29, 1.82) is 0 Å². The Labute approximate surface area is 135 Å². The summed E-state index contributed by atoms with van der Waals surface area (Å²) in [5, 5.41) is 3.15. The number of primary amides is 1. The predicted octanol–water partition coefficient (Wildman–Crippen LogP) is 2.84. The van der Waals surface area contributed by atoms with Crippen molar-refractivity contribution in [3.8, 4) is 0 Å². The monoisotopic (exact) mass is 323 g/mol. The van der Waals surface area contributed by atoms with Gasteiger partial charge in [-0.15, -0.1) is 0 Å². The van der Waals surface area contributed by atoms with E-state index < -0.39 is 12.1 Å². The van der Waals surface area contributed by atoms with Crippen LogP contribution in [-0.4, -0.2) is 29.9 Å². The van der Waals surface area contributed by atoms with Crippen molar-refractivity contribution in [3.05, 3.63) is 34.9 Å². The lowest BCUT2D eigenvalue weighted by Gasteiger charge is -2.24. The van der Waals surface area contributed by atoms with Gasteiger partial charge in [0, 0.05) is 18.1 Å². The van der Waals surface area contributed by atoms with E-state index in [4.69, 9.17) is 17.3 Å². The average Bonchev–Trinajstić information content (AvgIpc) is 2.75. The number of carbonyl (C=O) groups excluding carboxylic acids is 2. The minimum absolute atomic E-state index is 0.0283. The van der Waals surface area contributed by atoms with Crippen molar-refractivity contribution < 1.29 is 9.59 Å². The molecule has 1 aromatic rings. The number of carbonyl (C=O) groups is 2. The van der Waals surface area contributed by atoms with Crippen LogP contribution >= 0.6 is 11.6 Å². The number of amides is 3. The van der Waals surface area contributed by atoms with Crippen molar-refractivity contribution in [2.75, 3.05) is 13.1 Å². The number of nitrogens with one attached hydrogen (secondary N) is 1. The van der Waals surface area contributed by atoms with Crippen LogP contribution in [0.3, 0.4) is 0 Å². The summed E-state index contributed by atoms with van der Waals surface area (Å²) in [6.45, 7) is 1.56. The molecule has 2 rings (SSSR count). The minimum atomic E-state index is -0.659. The molecule has 22 heavy (non-hydrogen) atoms. The third-order valence-electron chi connectivity index (χ3n) is 3.93. The molecule has 0 unspecified atom stereocenters. The quantitative estimate of drug-likeness (QED) is 0.894. The summed E-state index contributed by atoms with van der Waals surface area (Å²) < 4.78 is 0. The molecule has 0 radical (unpaired) electrons. The second-order valence-corrected chi connectivity index (χ2v) is 5.99. The van der Waals surface area contributed by atoms with Crippen LogP contribution in [0.1, 0.15) is 43.7 Å². The highest BCUT2D eigenvalue weighted by Crippen LogP contribution is 2.26. The standard InChI is InChI=1S/C16H22ClN3O2/c17-13-8-4-3-7-12(13)14(19-16(18)22)11-15(21)20-9-5-1-2-6-10-20/h3-4,7-8,14H,1-2,5-6,9-11H2,(H3,18,19,22)/t14-/m0/s1. The van der Waals surface area contributed by atoms with Gasteiger partial charge in [-0.1, -0.05) is 42.6 Å². The Bertz CT molecular complexity index is 528. The number of nitrogens with zero attached hydrogens (tertiary/aromatic N) is 1. The van der Waals surface area contributed by atoms with Crippen LogP contribution in [0.5, 0.6) is 0 Å². The fourth-order valence-electron chi connectivity index (χ4n) is 2.79. The van der Waals surface area contributed by atoms with E-state index in [0.29, 0.717) is 10.6 Å². The zero-order chi connectivity index (χ0) is 15.9. The van der Waals surface area contributed by atoms with E-state index in [9.17, 15) is 9.59 Å². The van der Waals surface area contributed by atoms with Crippen LogP contribution in [0.25, 0.3) is 0 Å². The number of hydrogen-bond donors (Lipinski definition) is 2. The lowest BCUT2D eigenvalue weighted by molar-refractivity contribution is -0.131. The second-order valence-electron chi connectivity index (χ2n) is 5.58. The summed E-state index contributed by atoms with van der Waals surface area (Å²) in [4.78, 5) is 25.6. The molecule has 1 aliphatic heterocycles. The van der Waals surface area contributed by atoms with Crippen LogP contribution in [0.4, 0.5) is 4.79 Å². The van der Waals surface area contributed by atoms with Gasteiger partial charge in [0.05, 0.1) is 12.5 Å². The summed E-state index contributed by atoms with van der Waals surface area (Å²) >= 11 is 6.18. The molecule has 1 aromatic carbocycles. The van der Waals surface area contributed by atoms with Crippen molar-refractivity contribution in [2.45, 2.75) is 38.1 Å². The second kappa shape index (κ2) is 8.03. The van der Waals surface area contributed by atoms with Gasteiger partial charge in [0.2, 0.25) is 5.91 Å². The highest BCUT2D eigenvalue weighted by atomic mass is 35.5. The van der Waals surface area contributed by atoms with Crippen molar-refractivity contribution in [3.63, 3.8) is 0 Å². The van der Waals surface area contributed by atoms with Crippen molar-refractivity contribution in [2.24, 2.45) is 5.73 Å². The van der Waals surface area contributed by atoms with Gasteiger partial charge in [-0.05, 0) is 24.5 Å². The molecular weight excluding hydrogens is 302 g/mol. The molecule has 0 aromatic heterocycles. The average molecular weight is 324 g/mol. The molecule has 1 atom stereocenters. The Hall–Kier alpha value is -1.75. The van der Waals surface area contributed by atoms with Crippen molar-refractivity contribution in [1.82, 2.24) is 10.2 Å². The summed E-state index contributed by atoms with van der Waals surface area (Å²) in [5.74, 6) is 0.0283. The molecule has 1 heterocycles. The van der Waals surface area contributed by atoms with Gasteiger partial charge in [-0.2, -0.15) is 0 Å². The first-order valence-corrected chi connectivity index (χ1v) is 8.04. The fraction of sp³-hybridized carbons (Fsp3) is 0.500. The number of hydrogen-bond acceptors (Lipinski definition) is 2. The number of likely N-dealkylation sites (tertiary alicyclic amines) is 1. The normalized spacial score (nSPS) is 16.7. The first-order valence-electron chi connectivity index (χ1n) is 7.66. The molecule has 0 saturated carbocycles. The van der Waals surface area contributed by atoms with Crippen LogP contribution < -0.4 is 11.1 Å². The number of urea groups is 1. The number of halogens is 1. The Morgan fingerprint density at radius 3 is 2.41 bits per heavy atom. The molecule has 1 fully saturated rings. The number of nitrogens with two attached hydrogens (primary N) is 1. The van der Waals surface area contributed by atoms with Crippen LogP contribution in [0.15, 0.2) is 24.3 Å². The molecule has 3 amide bonds. The molecule has 1 saturated heterocycles. The molecule has 1 aliphatic rings. The summed E-state index contributed by atoms with van der Waals surface area (Å²) in [7, 11) is 0. The molecule has 0 aliphatic carbocycles. The van der Waals surface area contributed by atoms with Crippen LogP contribution in [-0.2, 0) is 4.79 Å². The lowest BCUT2D eigenvalue weighted by atomic mass is 10.0. The third-order valence-corrected chi connectivity index (χ3v) is 4.28. The molecule has 0 bridgehead atoms. The Balaban J connectivity index is 2.10. The summed E-state index contributed by atoms with van der Waals surface area (Å²) in [6, 6.07) is 6.02. The minimum Gasteiger partial charge on any atom is -0.352 e. The summed E-state index contributed by atoms with van der Waals surface area (Å²) in [5.41, 5.74) is 5.96. The lowest BCUT2D eigenvalue weighted by Crippen LogP contribution is -2.38. The van der Waals surface area contributed by atoms with Gasteiger partial charge >= 0.3 is 6.03 Å². The van der Waals surface area contributed by atoms with Crippen molar-refractivity contribution >= 4 is 23.5 Å². The van der Waals surface area contributed by atoms with Gasteiger partial charge < -0.3 is 16.0 Å². The van der Waals surface area contributed by atoms with Gasteiger partial charge in [-0.3, -0.25) is 4.79 Å². The molecule has 5 nitrogen and oxygen atoms in total. The smallest absolute Gasteiger partial charge is 0.312 e. The summed E-state index contributed by atoms with van der Waals surface area (Å²) in [6.07, 6.45) is 4.57. The van der Waals surface area contributed by atoms with Gasteiger partial charge in [-0.25, -0.2) is 4.79 Å². The first kappa shape index (κ1) is 16.6. The van der Waals surface area contributed by atoms with E-state index in [1.165, 1.54) is 0 Å². The maximum atomic E-state index is 12.5. The van der Waals surface area contributed by atoms with E-state index in [2.05, 4.69) is 5.32 Å². The van der Waals surface area contributed by atoms with Crippen LogP contribution in [0, 0.1) is 0 Å². The Morgan fingerprint density at radius 1 is 1.18 bits per heavy atom. The van der Waals surface area contributed by atoms with Gasteiger partial charge in [0.15, 0.2) is 0 Å². The molecule has 3 N–H and O–H groups in total. The van der Waals surface area contributed by atoms with E-state index in [1.807, 2.05) is 17.0 Å². The Kier molecular flexibility index (Phi) is 6.07. The first-order chi connectivity index (χ1) is 10.6. The highest BCUT2D eigenvalue weighted by Gasteiger charge is 2.23. The maximum Gasteiger partial charge on any atom is 0.312 e. The van der Waals surface area contributed by atoms with Gasteiger partial charge in [0.1, 0.15) is 0 Å². The predicted molar refractivity (Wildman–Crippen MR) is 86.6 cm³/mol. The number of benzene rings is 1. The topological polar surface area (TPSA) is 75.4 Å². The zero-order valence-corrected chi connectivity index (χ0v) is 13.3. The third kappa shape index (κ3) is 4.63. The van der Waals surface area contributed by atoms with E-state index in [1.54, 1.807) is 12.1 Å².